The summed E-state index contributed by atoms with van der Waals surface area (Å²) >= 11 is 0.931. The van der Waals surface area contributed by atoms with Gasteiger partial charge in [0.25, 0.3) is 0 Å². The Labute approximate surface area is 391 Å². The van der Waals surface area contributed by atoms with E-state index in [1.54, 1.807) is 48.5 Å². The molecule has 0 spiro atoms. The van der Waals surface area contributed by atoms with E-state index >= 15 is 0 Å². The van der Waals surface area contributed by atoms with E-state index in [0.29, 0.717) is 6.42 Å². The lowest BCUT2D eigenvalue weighted by Gasteiger charge is -2.29. The first kappa shape index (κ1) is 60.7. The van der Waals surface area contributed by atoms with Gasteiger partial charge in [-0.25, -0.2) is 0 Å². The van der Waals surface area contributed by atoms with Crippen LogP contribution >= 0.6 is 11.8 Å². The first-order valence-corrected chi connectivity index (χ1v) is 23.3. The normalized spacial score (nSPS) is 15.3. The summed E-state index contributed by atoms with van der Waals surface area (Å²) in [6.07, 6.45) is -2.07. The summed E-state index contributed by atoms with van der Waals surface area (Å²) in [5.41, 5.74) is 5.25. The van der Waals surface area contributed by atoms with E-state index in [4.69, 9.17) is 5.73 Å². The number of nitrogens with two attached hydrogens (primary N) is 1. The summed E-state index contributed by atoms with van der Waals surface area (Å²) in [6.45, 7) is 18.1. The number of aliphatic carboxylic acids is 1. The fourth-order valence-electron chi connectivity index (χ4n) is 6.26. The Balaban J connectivity index is 6.19. The topological polar surface area (TPSA) is 350 Å². The van der Waals surface area contributed by atoms with Gasteiger partial charge in [0.2, 0.25) is 58.3 Å². The van der Waals surface area contributed by atoms with Gasteiger partial charge in [0.15, 0.2) is 0 Å². The third-order valence-corrected chi connectivity index (χ3v) is 10.9. The highest BCUT2D eigenvalue weighted by molar-refractivity contribution is 8.13. The molecule has 0 rings (SSSR count). The van der Waals surface area contributed by atoms with Crippen molar-refractivity contribution < 1.29 is 63.0 Å². The number of hydrogen-bond donors (Lipinski definition) is 11. The molecule has 0 aromatic carbocycles. The maximum absolute atomic E-state index is 13.7. The molecule has 22 nitrogen and oxygen atoms in total. The van der Waals surface area contributed by atoms with Crippen LogP contribution < -0.4 is 48.3 Å². The van der Waals surface area contributed by atoms with E-state index < -0.39 is 114 Å². The van der Waals surface area contributed by atoms with E-state index in [1.165, 1.54) is 20.8 Å². The van der Waals surface area contributed by atoms with Crippen LogP contribution in [0.15, 0.2) is 0 Å². The number of carbonyl (C=O) groups excluding carboxylic acids is 10. The van der Waals surface area contributed by atoms with Crippen molar-refractivity contribution in [2.45, 2.75) is 170 Å². The number of rotatable bonds is 31. The second-order valence-electron chi connectivity index (χ2n) is 17.7. The van der Waals surface area contributed by atoms with Crippen LogP contribution in [-0.2, 0) is 52.7 Å². The van der Waals surface area contributed by atoms with Crippen LogP contribution in [0, 0.1) is 23.7 Å². The smallest absolute Gasteiger partial charge is 0.305 e. The largest absolute Gasteiger partial charge is 0.481 e. The Morgan fingerprint density at radius 1 is 0.591 bits per heavy atom. The Morgan fingerprint density at radius 3 is 1.53 bits per heavy atom. The maximum atomic E-state index is 13.7. The third kappa shape index (κ3) is 24.8. The summed E-state index contributed by atoms with van der Waals surface area (Å²) in [5.74, 6) is -9.35. The highest BCUT2D eigenvalue weighted by Crippen LogP contribution is 2.17. The lowest BCUT2D eigenvalue weighted by molar-refractivity contribution is -0.141. The van der Waals surface area contributed by atoms with Crippen molar-refractivity contribution in [3.63, 3.8) is 0 Å². The van der Waals surface area contributed by atoms with Gasteiger partial charge >= 0.3 is 5.97 Å². The highest BCUT2D eigenvalue weighted by Gasteiger charge is 2.36. The van der Waals surface area contributed by atoms with Gasteiger partial charge in [0.05, 0.1) is 18.9 Å². The van der Waals surface area contributed by atoms with Crippen molar-refractivity contribution in [2.75, 3.05) is 12.3 Å². The summed E-state index contributed by atoms with van der Waals surface area (Å²) in [5, 5.41) is 39.2. The van der Waals surface area contributed by atoms with Gasteiger partial charge in [0, 0.05) is 25.6 Å². The van der Waals surface area contributed by atoms with Crippen LogP contribution in [0.3, 0.4) is 0 Å². The zero-order chi connectivity index (χ0) is 51.0. The second kappa shape index (κ2) is 30.8. The standard InChI is InChI=1S/C43H75N9O13S/c1-12-24(8)36(43(65)66-16-15-45-27(11)54)52-41(63)30(18-22(4)5)49-40(62)31(20-34(57)58)50-42(64)35(23(6)7)51-37(59)26(10)46-39(61)29(17-21(2)3)48-38(60)28(13-14-32(44)55)47-33(56)19-25(9)53/h21-26,28-31,35-36,53H,12-20H2,1-11H3,(H2,44,55)(H,45,54)(H,46,61)(H,47,56)(H,48,60)(H,49,62)(H,50,64)(H,51,59)(H,52,63)(H,57,58)/t24-,25+,26+,28-,29-,30+,31-,35-,36-/m0/s1. The van der Waals surface area contributed by atoms with Gasteiger partial charge in [0.1, 0.15) is 42.3 Å². The summed E-state index contributed by atoms with van der Waals surface area (Å²) in [7, 11) is 0. The average molecular weight is 958 g/mol. The first-order chi connectivity index (χ1) is 30.6. The van der Waals surface area contributed by atoms with Crippen molar-refractivity contribution in [2.24, 2.45) is 29.4 Å². The molecule has 0 aliphatic rings. The Bertz CT molecular complexity index is 1690. The van der Waals surface area contributed by atoms with E-state index in [2.05, 4.69) is 42.5 Å². The number of carbonyl (C=O) groups is 11. The number of carboxylic acids is 1. The molecule has 0 saturated carbocycles. The molecule has 0 aromatic rings. The molecule has 376 valence electrons. The number of nitrogens with one attached hydrogen (secondary N) is 8. The number of primary amides is 1. The molecule has 0 aliphatic heterocycles. The SMILES string of the molecule is CC[C@H](C)[C@H](NC(=O)[C@@H](CC(C)C)NC(=O)[C@H](CC(=O)O)NC(=O)[C@@H](NC(=O)[C@@H](C)NC(=O)[C@H](CC(C)C)NC(=O)[C@H](CCC(N)=O)NC(=O)C[C@@H](C)O)C(C)C)C(=O)SCCNC(C)=O. The number of hydrogen-bond acceptors (Lipinski definition) is 13. The zero-order valence-electron chi connectivity index (χ0n) is 40.2. The van der Waals surface area contributed by atoms with Crippen LogP contribution in [0.5, 0.6) is 0 Å². The molecule has 9 atom stereocenters. The Morgan fingerprint density at radius 2 is 1.08 bits per heavy atom. The van der Waals surface area contributed by atoms with Crippen LogP contribution in [-0.4, -0.2) is 135 Å². The Hall–Kier alpha value is -5.32. The molecular formula is C43H75N9O13S. The number of aliphatic hydroxyl groups excluding tert-OH is 1. The zero-order valence-corrected chi connectivity index (χ0v) is 41.0. The van der Waals surface area contributed by atoms with Gasteiger partial charge in [-0.15, -0.1) is 0 Å². The molecule has 0 bridgehead atoms. The van der Waals surface area contributed by atoms with Crippen molar-refractivity contribution >= 4 is 76.0 Å². The summed E-state index contributed by atoms with van der Waals surface area (Å²) in [6, 6.07) is -9.15. The van der Waals surface area contributed by atoms with Gasteiger partial charge < -0.3 is 58.5 Å². The van der Waals surface area contributed by atoms with Crippen molar-refractivity contribution in [3.05, 3.63) is 0 Å². The fraction of sp³-hybridized carbons (Fsp3) is 0.744. The van der Waals surface area contributed by atoms with Crippen LogP contribution in [0.1, 0.15) is 121 Å². The van der Waals surface area contributed by atoms with E-state index in [9.17, 15) is 63.0 Å². The number of amides is 9. The monoisotopic (exact) mass is 958 g/mol. The molecule has 0 saturated heterocycles. The third-order valence-electron chi connectivity index (χ3n) is 9.99. The number of thioether (sulfide) groups is 1. The molecule has 9 amide bonds. The molecule has 0 fully saturated rings. The summed E-state index contributed by atoms with van der Waals surface area (Å²) < 4.78 is 0. The van der Waals surface area contributed by atoms with Gasteiger partial charge in [-0.05, 0) is 56.8 Å². The number of carboxylic acid groups (broad SMARTS) is 1. The molecular weight excluding hydrogens is 883 g/mol. The molecule has 0 radical (unpaired) electrons. The molecule has 0 aliphatic carbocycles. The maximum Gasteiger partial charge on any atom is 0.305 e. The quantitative estimate of drug-likeness (QED) is 0.0376. The molecule has 0 heterocycles. The molecule has 66 heavy (non-hydrogen) atoms. The average Bonchev–Trinajstić information content (AvgIpc) is 3.19. The fourth-order valence-corrected chi connectivity index (χ4v) is 7.13. The van der Waals surface area contributed by atoms with Gasteiger partial charge in [-0.1, -0.05) is 73.6 Å². The van der Waals surface area contributed by atoms with E-state index in [0.717, 1.165) is 11.8 Å². The number of aliphatic hydroxyl groups is 1. The predicted molar refractivity (Wildman–Crippen MR) is 246 cm³/mol. The lowest BCUT2D eigenvalue weighted by atomic mass is 9.98. The van der Waals surface area contributed by atoms with Crippen molar-refractivity contribution in [1.82, 2.24) is 42.5 Å². The molecule has 0 unspecified atom stereocenters. The minimum Gasteiger partial charge on any atom is -0.481 e. The minimum atomic E-state index is -1.73. The second-order valence-corrected chi connectivity index (χ2v) is 18.8. The molecule has 23 heteroatoms. The lowest BCUT2D eigenvalue weighted by Crippen LogP contribution is -2.61. The summed E-state index contributed by atoms with van der Waals surface area (Å²) in [4.78, 5) is 142. The van der Waals surface area contributed by atoms with Gasteiger partial charge in [-0.3, -0.25) is 52.7 Å². The van der Waals surface area contributed by atoms with Crippen LogP contribution in [0.4, 0.5) is 0 Å². The predicted octanol–water partition coefficient (Wildman–Crippen LogP) is -0.899. The minimum absolute atomic E-state index is 0.0782. The van der Waals surface area contributed by atoms with Crippen molar-refractivity contribution in [3.8, 4) is 0 Å². The highest BCUT2D eigenvalue weighted by atomic mass is 32.2. The van der Waals surface area contributed by atoms with E-state index in [-0.39, 0.29) is 73.2 Å². The first-order valence-electron chi connectivity index (χ1n) is 22.3. The van der Waals surface area contributed by atoms with Crippen molar-refractivity contribution in [1.29, 1.82) is 0 Å². The van der Waals surface area contributed by atoms with Crippen LogP contribution in [0.25, 0.3) is 0 Å². The Kier molecular flexibility index (Phi) is 28.3. The molecule has 12 N–H and O–H groups in total. The van der Waals surface area contributed by atoms with Crippen LogP contribution in [0.2, 0.25) is 0 Å². The van der Waals surface area contributed by atoms with Gasteiger partial charge in [-0.2, -0.15) is 0 Å². The van der Waals surface area contributed by atoms with E-state index in [1.807, 2.05) is 6.92 Å². The molecule has 0 aromatic heterocycles.